The molecule has 15 aromatic rings. The van der Waals surface area contributed by atoms with Crippen molar-refractivity contribution in [3.05, 3.63) is 407 Å². The highest BCUT2D eigenvalue weighted by molar-refractivity contribution is 5.93. The molecule has 3 heteroatoms. The van der Waals surface area contributed by atoms with Gasteiger partial charge in [0.1, 0.15) is 11.5 Å². The number of benzene rings is 15. The zero-order chi connectivity index (χ0) is 73.6. The molecule has 108 heavy (non-hydrogen) atoms. The molecule has 18 rings (SSSR count). The maximum Gasteiger partial charge on any atom is 0.127 e. The minimum Gasteiger partial charge on any atom is -0.457 e. The third kappa shape index (κ3) is 11.6. The SMILES string of the molecule is CCC(C)c1ccc(Oc2ccc(C3(c4ccc(C(C)(C)C)cc4)c4cc(-c5ccc(N(c6ccc(-c7ccccc7)cc6)c6ccc7c(c6)C(C)(C)c6ccccc6-7)cc5)ccc4-c4ccc(-c5ccc(N(c6ccc(-c7ccccc7)cc6)c6ccc7c(c6)C(C)(C)c6ccccc6-7)cc5)cc43)cc2)cc1. The van der Waals surface area contributed by atoms with Crippen LogP contribution in [0.25, 0.3) is 77.9 Å². The Balaban J connectivity index is 0.764. The van der Waals surface area contributed by atoms with Crippen LogP contribution < -0.4 is 14.5 Å². The van der Waals surface area contributed by atoms with Crippen LogP contribution in [0.3, 0.4) is 0 Å². The van der Waals surface area contributed by atoms with Gasteiger partial charge in [0.05, 0.1) is 5.41 Å². The van der Waals surface area contributed by atoms with E-state index in [-0.39, 0.29) is 16.2 Å². The van der Waals surface area contributed by atoms with Crippen molar-refractivity contribution in [1.29, 1.82) is 0 Å². The number of rotatable bonds is 16. The largest absolute Gasteiger partial charge is 0.457 e. The Bertz CT molecular complexity index is 5580. The summed E-state index contributed by atoms with van der Waals surface area (Å²) in [5.41, 5.74) is 35.3. The second-order valence-corrected chi connectivity index (χ2v) is 32.0. The van der Waals surface area contributed by atoms with Gasteiger partial charge in [-0.2, -0.15) is 0 Å². The van der Waals surface area contributed by atoms with Gasteiger partial charge >= 0.3 is 0 Å². The summed E-state index contributed by atoms with van der Waals surface area (Å²) in [5, 5.41) is 0. The normalized spacial score (nSPS) is 14.0. The van der Waals surface area contributed by atoms with Gasteiger partial charge in [0.15, 0.2) is 0 Å². The standard InChI is InChI=1S/C105H88N2O/c1-10-69(2)70-37-57-88(58-38-70)108-89-59-45-81(46-60-89)105(80-43-41-79(42-44-80)102(3,4)5)100-65-77(75-33-51-84(52-34-75)106(82-47-29-73(30-48-82)71-21-13-11-14-22-71)86-55-63-92-90-25-17-19-27-96(90)103(6,7)98(92)67-86)39-61-94(100)95-62-40-78(66-101(95)105)76-35-53-85(54-36-76)107(83-49-31-74(32-50-83)72-23-15-12-16-24-72)87-56-64-93-91-26-18-20-28-97(91)104(8,9)99(93)68-87/h11-69H,10H2,1-9H3. The van der Waals surface area contributed by atoms with E-state index in [1.165, 1.54) is 106 Å². The first-order valence-electron chi connectivity index (χ1n) is 38.4. The minimum absolute atomic E-state index is 0.0595. The van der Waals surface area contributed by atoms with E-state index in [4.69, 9.17) is 4.74 Å². The van der Waals surface area contributed by atoms with Crippen LogP contribution in [0.4, 0.5) is 34.1 Å². The van der Waals surface area contributed by atoms with Crippen LogP contribution in [0, 0.1) is 0 Å². The number of anilines is 6. The Hall–Kier alpha value is -12.3. The number of hydrogen-bond acceptors (Lipinski definition) is 3. The lowest BCUT2D eigenvalue weighted by Crippen LogP contribution is -2.29. The van der Waals surface area contributed by atoms with Crippen molar-refractivity contribution in [2.45, 2.75) is 96.3 Å². The summed E-state index contributed by atoms with van der Waals surface area (Å²) in [4.78, 5) is 4.86. The van der Waals surface area contributed by atoms with Crippen molar-refractivity contribution >= 4 is 34.1 Å². The molecule has 0 radical (unpaired) electrons. The van der Waals surface area contributed by atoms with Crippen LogP contribution in [0.2, 0.25) is 0 Å². The number of fused-ring (bicyclic) bond motifs is 9. The molecule has 524 valence electrons. The predicted molar refractivity (Wildman–Crippen MR) is 454 cm³/mol. The Morgan fingerprint density at radius 1 is 0.287 bits per heavy atom. The van der Waals surface area contributed by atoms with E-state index in [2.05, 4.69) is 424 Å². The first-order chi connectivity index (χ1) is 52.5. The molecule has 0 N–H and O–H groups in total. The van der Waals surface area contributed by atoms with Gasteiger partial charge in [-0.1, -0.05) is 305 Å². The van der Waals surface area contributed by atoms with E-state index < -0.39 is 5.41 Å². The molecule has 3 nitrogen and oxygen atoms in total. The second-order valence-electron chi connectivity index (χ2n) is 32.0. The Morgan fingerprint density at radius 3 is 0.981 bits per heavy atom. The number of nitrogens with zero attached hydrogens (tertiary/aromatic N) is 2. The molecule has 0 saturated heterocycles. The monoisotopic (exact) mass is 1390 g/mol. The molecule has 0 fully saturated rings. The van der Waals surface area contributed by atoms with Crippen LogP contribution in [0.1, 0.15) is 130 Å². The highest BCUT2D eigenvalue weighted by Crippen LogP contribution is 2.59. The molecular formula is C105H88N2O. The van der Waals surface area contributed by atoms with Crippen LogP contribution in [-0.2, 0) is 21.7 Å². The van der Waals surface area contributed by atoms with Crippen molar-refractivity contribution < 1.29 is 4.74 Å². The van der Waals surface area contributed by atoms with Crippen molar-refractivity contribution in [2.75, 3.05) is 9.80 Å². The minimum atomic E-state index is -0.767. The summed E-state index contributed by atoms with van der Waals surface area (Å²) in [6, 6.07) is 132. The molecule has 3 aliphatic carbocycles. The highest BCUT2D eigenvalue weighted by atomic mass is 16.5. The van der Waals surface area contributed by atoms with Gasteiger partial charge in [0.25, 0.3) is 0 Å². The highest BCUT2D eigenvalue weighted by Gasteiger charge is 2.47. The quantitative estimate of drug-likeness (QED) is 0.0959. The van der Waals surface area contributed by atoms with E-state index in [9.17, 15) is 0 Å². The van der Waals surface area contributed by atoms with Gasteiger partial charge in [0, 0.05) is 45.0 Å². The summed E-state index contributed by atoms with van der Waals surface area (Å²) in [5.74, 6) is 2.09. The Morgan fingerprint density at radius 2 is 0.593 bits per heavy atom. The molecule has 0 spiro atoms. The van der Waals surface area contributed by atoms with Crippen LogP contribution in [0.5, 0.6) is 11.5 Å². The molecule has 0 amide bonds. The number of hydrogen-bond donors (Lipinski definition) is 0. The van der Waals surface area contributed by atoms with E-state index >= 15 is 0 Å². The maximum atomic E-state index is 6.74. The second kappa shape index (κ2) is 26.6. The molecule has 0 saturated carbocycles. The van der Waals surface area contributed by atoms with Crippen LogP contribution in [0.15, 0.2) is 352 Å². The lowest BCUT2D eigenvalue weighted by atomic mass is 9.66. The van der Waals surface area contributed by atoms with E-state index in [1.807, 2.05) is 0 Å². The van der Waals surface area contributed by atoms with Gasteiger partial charge in [0.2, 0.25) is 0 Å². The summed E-state index contributed by atoms with van der Waals surface area (Å²) in [7, 11) is 0. The average Bonchev–Trinajstić information content (AvgIpc) is 1.49. The lowest BCUT2D eigenvalue weighted by Gasteiger charge is -2.35. The molecule has 3 aliphatic rings. The van der Waals surface area contributed by atoms with Gasteiger partial charge < -0.3 is 14.5 Å². The van der Waals surface area contributed by atoms with Gasteiger partial charge in [-0.05, 0) is 260 Å². The van der Waals surface area contributed by atoms with Gasteiger partial charge in [-0.15, -0.1) is 0 Å². The van der Waals surface area contributed by atoms with E-state index in [0.717, 1.165) is 79.9 Å². The zero-order valence-corrected chi connectivity index (χ0v) is 63.1. The fourth-order valence-corrected chi connectivity index (χ4v) is 17.7. The average molecular weight is 1390 g/mol. The molecule has 0 aliphatic heterocycles. The third-order valence-corrected chi connectivity index (χ3v) is 23.9. The fraction of sp³-hybridized carbons (Fsp3) is 0.143. The molecule has 1 unspecified atom stereocenters. The molecule has 0 bridgehead atoms. The lowest BCUT2D eigenvalue weighted by molar-refractivity contribution is 0.481. The summed E-state index contributed by atoms with van der Waals surface area (Å²) < 4.78 is 6.74. The van der Waals surface area contributed by atoms with E-state index in [0.29, 0.717) is 5.92 Å². The smallest absolute Gasteiger partial charge is 0.127 e. The topological polar surface area (TPSA) is 15.7 Å². The van der Waals surface area contributed by atoms with Crippen LogP contribution in [-0.4, -0.2) is 0 Å². The number of ether oxygens (including phenoxy) is 1. The molecule has 1 atom stereocenters. The summed E-state index contributed by atoms with van der Waals surface area (Å²) in [6.07, 6.45) is 1.08. The third-order valence-electron chi connectivity index (χ3n) is 23.9. The van der Waals surface area contributed by atoms with E-state index in [1.54, 1.807) is 0 Å². The fourth-order valence-electron chi connectivity index (χ4n) is 17.7. The van der Waals surface area contributed by atoms with Crippen molar-refractivity contribution in [3.63, 3.8) is 0 Å². The van der Waals surface area contributed by atoms with Crippen molar-refractivity contribution in [3.8, 4) is 89.4 Å². The van der Waals surface area contributed by atoms with Crippen molar-refractivity contribution in [1.82, 2.24) is 0 Å². The first kappa shape index (κ1) is 67.6. The Kier molecular flexibility index (Phi) is 16.7. The molecule has 0 heterocycles. The molecule has 0 aromatic heterocycles. The first-order valence-corrected chi connectivity index (χ1v) is 38.4. The molecule has 15 aromatic carbocycles. The van der Waals surface area contributed by atoms with Crippen LogP contribution >= 0.6 is 0 Å². The molecular weight excluding hydrogens is 1310 g/mol. The zero-order valence-electron chi connectivity index (χ0n) is 63.1. The predicted octanol–water partition coefficient (Wildman–Crippen LogP) is 28.9. The summed E-state index contributed by atoms with van der Waals surface area (Å²) >= 11 is 0. The maximum absolute atomic E-state index is 6.74. The summed E-state index contributed by atoms with van der Waals surface area (Å²) in [6.45, 7) is 20.9. The van der Waals surface area contributed by atoms with Crippen molar-refractivity contribution in [2.24, 2.45) is 0 Å². The van der Waals surface area contributed by atoms with Gasteiger partial charge in [-0.25, -0.2) is 0 Å². The van der Waals surface area contributed by atoms with Gasteiger partial charge in [-0.3, -0.25) is 0 Å². The Labute approximate surface area is 637 Å².